The quantitative estimate of drug-likeness (QED) is 0.596. The van der Waals surface area contributed by atoms with Crippen LogP contribution in [0.5, 0.6) is 5.75 Å². The Kier molecular flexibility index (Phi) is 5.53. The fourth-order valence-electron chi connectivity index (χ4n) is 1.52. The number of nitrogens with zero attached hydrogens (tertiary/aromatic N) is 1. The minimum absolute atomic E-state index is 0.0627. The van der Waals surface area contributed by atoms with E-state index < -0.39 is 12.0 Å². The highest BCUT2D eigenvalue weighted by Gasteiger charge is 2.15. The molecule has 0 fully saturated rings. The highest BCUT2D eigenvalue weighted by molar-refractivity contribution is 5.95. The number of carbonyl (C=O) groups excluding carboxylic acids is 2. The van der Waals surface area contributed by atoms with Crippen LogP contribution in [0.15, 0.2) is 18.2 Å². The van der Waals surface area contributed by atoms with Gasteiger partial charge in [-0.3, -0.25) is 4.79 Å². The van der Waals surface area contributed by atoms with E-state index in [0.717, 1.165) is 11.0 Å². The number of carbonyl (C=O) groups is 3. The molecule has 0 saturated heterocycles. The minimum atomic E-state index is -1.18. The van der Waals surface area contributed by atoms with Gasteiger partial charge in [-0.05, 0) is 25.1 Å². The number of carboxylic acids is 1. The first-order valence-electron chi connectivity index (χ1n) is 6.20. The maximum atomic E-state index is 11.8. The molecule has 0 aliphatic carbocycles. The highest BCUT2D eigenvalue weighted by atomic mass is 16.4. The summed E-state index contributed by atoms with van der Waals surface area (Å²) in [5, 5.41) is 23.4. The number of hydrogen-bond donors (Lipinski definition) is 4. The first-order chi connectivity index (χ1) is 9.85. The average molecular weight is 295 g/mol. The summed E-state index contributed by atoms with van der Waals surface area (Å²) >= 11 is 0. The molecule has 0 aromatic heterocycles. The zero-order chi connectivity index (χ0) is 16.0. The molecule has 114 valence electrons. The van der Waals surface area contributed by atoms with Crippen molar-refractivity contribution in [1.82, 2.24) is 10.2 Å². The molecule has 21 heavy (non-hydrogen) atoms. The number of phenols is 1. The number of hydrogen-bond acceptors (Lipinski definition) is 4. The standard InChI is InChI=1S/C13H17N3O5/c1-3-14-11(18)7-16(2)13(21)15-9-5-4-8(12(19)20)6-10(9)17/h4-6,17H,3,7H2,1-2H3,(H,14,18)(H,15,21)(H,19,20). The smallest absolute Gasteiger partial charge is 0.335 e. The van der Waals surface area contributed by atoms with E-state index in [1.54, 1.807) is 6.92 Å². The summed E-state index contributed by atoms with van der Waals surface area (Å²) in [4.78, 5) is 35.0. The Bertz CT molecular complexity index is 559. The summed E-state index contributed by atoms with van der Waals surface area (Å²) in [5.41, 5.74) is -0.0334. The second-order valence-corrected chi connectivity index (χ2v) is 4.28. The SMILES string of the molecule is CCNC(=O)CN(C)C(=O)Nc1ccc(C(=O)O)cc1O. The molecule has 8 heteroatoms. The fourth-order valence-corrected chi connectivity index (χ4v) is 1.52. The van der Waals surface area contributed by atoms with Crippen LogP contribution >= 0.6 is 0 Å². The van der Waals surface area contributed by atoms with Crippen molar-refractivity contribution in [2.45, 2.75) is 6.92 Å². The second-order valence-electron chi connectivity index (χ2n) is 4.28. The molecule has 1 aromatic rings. The van der Waals surface area contributed by atoms with E-state index in [0.29, 0.717) is 6.54 Å². The van der Waals surface area contributed by atoms with E-state index in [1.807, 2.05) is 0 Å². The number of likely N-dealkylation sites (N-methyl/N-ethyl adjacent to an activating group) is 2. The Morgan fingerprint density at radius 2 is 1.95 bits per heavy atom. The molecule has 0 radical (unpaired) electrons. The van der Waals surface area contributed by atoms with Gasteiger partial charge >= 0.3 is 12.0 Å². The zero-order valence-electron chi connectivity index (χ0n) is 11.7. The number of nitrogens with one attached hydrogen (secondary N) is 2. The van der Waals surface area contributed by atoms with Gasteiger partial charge in [0.15, 0.2) is 0 Å². The van der Waals surface area contributed by atoms with Gasteiger partial charge in [0.05, 0.1) is 11.3 Å². The van der Waals surface area contributed by atoms with E-state index >= 15 is 0 Å². The van der Waals surface area contributed by atoms with Crippen molar-refractivity contribution in [3.05, 3.63) is 23.8 Å². The van der Waals surface area contributed by atoms with Crippen molar-refractivity contribution in [1.29, 1.82) is 0 Å². The number of aromatic carboxylic acids is 1. The predicted octanol–water partition coefficient (Wildman–Crippen LogP) is 0.690. The number of phenolic OH excluding ortho intramolecular Hbond substituents is 1. The summed E-state index contributed by atoms with van der Waals surface area (Å²) < 4.78 is 0. The number of rotatable bonds is 5. The number of carboxylic acid groups (broad SMARTS) is 1. The molecule has 8 nitrogen and oxygen atoms in total. The van der Waals surface area contributed by atoms with Crippen molar-refractivity contribution in [2.24, 2.45) is 0 Å². The van der Waals surface area contributed by atoms with E-state index in [1.165, 1.54) is 19.2 Å². The maximum Gasteiger partial charge on any atom is 0.335 e. The Morgan fingerprint density at radius 1 is 1.29 bits per heavy atom. The first-order valence-corrected chi connectivity index (χ1v) is 6.20. The molecule has 0 heterocycles. The van der Waals surface area contributed by atoms with Gasteiger partial charge in [0.2, 0.25) is 5.91 Å². The van der Waals surface area contributed by atoms with Gasteiger partial charge in [0.1, 0.15) is 12.3 Å². The third-order valence-corrected chi connectivity index (χ3v) is 2.59. The van der Waals surface area contributed by atoms with Gasteiger partial charge < -0.3 is 25.7 Å². The summed E-state index contributed by atoms with van der Waals surface area (Å²) in [5.74, 6) is -1.85. The summed E-state index contributed by atoms with van der Waals surface area (Å²) in [7, 11) is 1.42. The average Bonchev–Trinajstić information content (AvgIpc) is 2.40. The number of anilines is 1. The molecule has 0 spiro atoms. The molecular weight excluding hydrogens is 278 g/mol. The summed E-state index contributed by atoms with van der Waals surface area (Å²) in [6.45, 7) is 2.10. The Morgan fingerprint density at radius 3 is 2.48 bits per heavy atom. The highest BCUT2D eigenvalue weighted by Crippen LogP contribution is 2.24. The molecular formula is C13H17N3O5. The van der Waals surface area contributed by atoms with Gasteiger partial charge in [-0.15, -0.1) is 0 Å². The van der Waals surface area contributed by atoms with Gasteiger partial charge in [0.25, 0.3) is 0 Å². The molecule has 0 bridgehead atoms. The lowest BCUT2D eigenvalue weighted by Crippen LogP contribution is -2.40. The van der Waals surface area contributed by atoms with Crippen LogP contribution in [0.2, 0.25) is 0 Å². The van der Waals surface area contributed by atoms with E-state index in [4.69, 9.17) is 5.11 Å². The monoisotopic (exact) mass is 295 g/mol. The van der Waals surface area contributed by atoms with Crippen LogP contribution in [-0.2, 0) is 4.79 Å². The van der Waals surface area contributed by atoms with Gasteiger partial charge in [0, 0.05) is 13.6 Å². The second kappa shape index (κ2) is 7.13. The van der Waals surface area contributed by atoms with Crippen LogP contribution < -0.4 is 10.6 Å². The normalized spacial score (nSPS) is 9.81. The van der Waals surface area contributed by atoms with E-state index in [9.17, 15) is 19.5 Å². The molecule has 0 saturated carbocycles. The van der Waals surface area contributed by atoms with Crippen LogP contribution in [0.25, 0.3) is 0 Å². The number of benzene rings is 1. The van der Waals surface area contributed by atoms with Crippen molar-refractivity contribution in [2.75, 3.05) is 25.5 Å². The largest absolute Gasteiger partial charge is 0.506 e. The van der Waals surface area contributed by atoms with E-state index in [-0.39, 0.29) is 29.5 Å². The summed E-state index contributed by atoms with van der Waals surface area (Å²) in [6, 6.07) is 2.96. The topological polar surface area (TPSA) is 119 Å². The fraction of sp³-hybridized carbons (Fsp3) is 0.308. The lowest BCUT2D eigenvalue weighted by atomic mass is 10.2. The maximum absolute atomic E-state index is 11.8. The Labute approximate surface area is 121 Å². The number of urea groups is 1. The van der Waals surface area contributed by atoms with Crippen molar-refractivity contribution in [3.63, 3.8) is 0 Å². The molecule has 0 unspecified atom stereocenters. The third kappa shape index (κ3) is 4.68. The molecule has 0 aliphatic heterocycles. The molecule has 3 amide bonds. The zero-order valence-corrected chi connectivity index (χ0v) is 11.7. The lowest BCUT2D eigenvalue weighted by Gasteiger charge is -2.17. The molecule has 1 rings (SSSR count). The van der Waals surface area contributed by atoms with Gasteiger partial charge in [-0.2, -0.15) is 0 Å². The predicted molar refractivity (Wildman–Crippen MR) is 75.4 cm³/mol. The minimum Gasteiger partial charge on any atom is -0.506 e. The molecule has 0 atom stereocenters. The Hall–Kier alpha value is -2.77. The van der Waals surface area contributed by atoms with E-state index in [2.05, 4.69) is 10.6 Å². The van der Waals surface area contributed by atoms with Gasteiger partial charge in [-0.25, -0.2) is 9.59 Å². The Balaban J connectivity index is 2.70. The van der Waals surface area contributed by atoms with Crippen LogP contribution in [0.1, 0.15) is 17.3 Å². The third-order valence-electron chi connectivity index (χ3n) is 2.59. The summed E-state index contributed by atoms with van der Waals surface area (Å²) in [6.07, 6.45) is 0. The number of amides is 3. The van der Waals surface area contributed by atoms with Crippen LogP contribution in [0.3, 0.4) is 0 Å². The molecule has 4 N–H and O–H groups in total. The van der Waals surface area contributed by atoms with Crippen LogP contribution in [0.4, 0.5) is 10.5 Å². The lowest BCUT2D eigenvalue weighted by molar-refractivity contribution is -0.121. The van der Waals surface area contributed by atoms with Crippen molar-refractivity contribution in [3.8, 4) is 5.75 Å². The van der Waals surface area contributed by atoms with Crippen molar-refractivity contribution < 1.29 is 24.6 Å². The van der Waals surface area contributed by atoms with Crippen LogP contribution in [-0.4, -0.2) is 53.2 Å². The molecule has 1 aromatic carbocycles. The van der Waals surface area contributed by atoms with Gasteiger partial charge in [-0.1, -0.05) is 0 Å². The number of aromatic hydroxyl groups is 1. The molecule has 0 aliphatic rings. The van der Waals surface area contributed by atoms with Crippen LogP contribution in [0, 0.1) is 0 Å². The first kappa shape index (κ1) is 16.3. The van der Waals surface area contributed by atoms with Crippen molar-refractivity contribution >= 4 is 23.6 Å².